The number of hydrogen-bond donors (Lipinski definition) is 2. The molecule has 0 aromatic carbocycles. The summed E-state index contributed by atoms with van der Waals surface area (Å²) in [5.41, 5.74) is 6.06. The zero-order valence-electron chi connectivity index (χ0n) is 11.7. The normalized spacial score (nSPS) is 29.4. The van der Waals surface area contributed by atoms with Gasteiger partial charge in [-0.15, -0.1) is 0 Å². The van der Waals surface area contributed by atoms with Crippen molar-refractivity contribution in [3.05, 3.63) is 0 Å². The first-order chi connectivity index (χ1) is 9.38. The number of carbonyl (C=O) groups is 1. The lowest BCUT2D eigenvalue weighted by molar-refractivity contribution is -0.133. The Hall–Kier alpha value is -0.700. The molecule has 116 valence electrons. The van der Waals surface area contributed by atoms with E-state index in [4.69, 9.17) is 10.9 Å². The summed E-state index contributed by atoms with van der Waals surface area (Å²) in [7, 11) is -3.64. The molecule has 0 spiro atoms. The van der Waals surface area contributed by atoms with Crippen LogP contribution in [0.5, 0.6) is 0 Å². The van der Waals surface area contributed by atoms with Gasteiger partial charge in [-0.05, 0) is 18.8 Å². The molecule has 7 nitrogen and oxygen atoms in total. The monoisotopic (exact) mass is 304 g/mol. The largest absolute Gasteiger partial charge is 0.340 e. The molecule has 2 aliphatic rings. The number of amides is 1. The molecule has 2 unspecified atom stereocenters. The Labute approximate surface area is 120 Å². The summed E-state index contributed by atoms with van der Waals surface area (Å²) < 4.78 is 23.6. The average molecular weight is 304 g/mol. The van der Waals surface area contributed by atoms with Crippen molar-refractivity contribution in [2.75, 3.05) is 26.2 Å². The molecule has 2 atom stereocenters. The van der Waals surface area contributed by atoms with Crippen LogP contribution in [0, 0.1) is 5.92 Å². The average Bonchev–Trinajstić information content (AvgIpc) is 2.40. The lowest BCUT2D eigenvalue weighted by Gasteiger charge is -2.35. The summed E-state index contributed by atoms with van der Waals surface area (Å²) in [5, 5.41) is 5.08. The van der Waals surface area contributed by atoms with E-state index in [2.05, 4.69) is 0 Å². The van der Waals surface area contributed by atoms with Gasteiger partial charge in [-0.1, -0.05) is 12.8 Å². The van der Waals surface area contributed by atoms with Crippen LogP contribution in [0.2, 0.25) is 0 Å². The molecule has 0 radical (unpaired) electrons. The van der Waals surface area contributed by atoms with Crippen molar-refractivity contribution in [1.82, 2.24) is 9.21 Å². The number of rotatable bonds is 3. The van der Waals surface area contributed by atoms with E-state index in [-0.39, 0.29) is 31.0 Å². The van der Waals surface area contributed by atoms with Gasteiger partial charge in [0.05, 0.1) is 0 Å². The van der Waals surface area contributed by atoms with E-state index in [0.29, 0.717) is 19.5 Å². The van der Waals surface area contributed by atoms with E-state index in [0.717, 1.165) is 25.7 Å². The van der Waals surface area contributed by atoms with Gasteiger partial charge in [-0.2, -0.15) is 12.7 Å². The quantitative estimate of drug-likeness (QED) is 0.714. The Morgan fingerprint density at radius 3 is 2.25 bits per heavy atom. The van der Waals surface area contributed by atoms with Crippen LogP contribution < -0.4 is 10.9 Å². The number of carbonyl (C=O) groups excluding carboxylic acids is 1. The van der Waals surface area contributed by atoms with E-state index in [1.165, 1.54) is 4.31 Å². The maximum atomic E-state index is 12.2. The first-order valence-corrected chi connectivity index (χ1v) is 8.69. The number of hydrogen-bond acceptors (Lipinski definition) is 4. The summed E-state index contributed by atoms with van der Waals surface area (Å²) in [4.78, 5) is 14.0. The molecule has 0 aromatic heterocycles. The minimum atomic E-state index is -3.64. The Balaban J connectivity index is 1.83. The summed E-state index contributed by atoms with van der Waals surface area (Å²) in [5.74, 6) is 0.356. The van der Waals surface area contributed by atoms with Crippen molar-refractivity contribution < 1.29 is 13.2 Å². The zero-order chi connectivity index (χ0) is 14.8. The van der Waals surface area contributed by atoms with Gasteiger partial charge in [0.2, 0.25) is 5.91 Å². The Morgan fingerprint density at radius 2 is 1.70 bits per heavy atom. The zero-order valence-corrected chi connectivity index (χ0v) is 12.5. The molecule has 8 heteroatoms. The van der Waals surface area contributed by atoms with Crippen LogP contribution in [0.4, 0.5) is 0 Å². The molecule has 1 aliphatic carbocycles. The third-order valence-corrected chi connectivity index (χ3v) is 5.44. The number of nitrogens with two attached hydrogens (primary N) is 2. The fourth-order valence-corrected chi connectivity index (χ4v) is 3.71. The van der Waals surface area contributed by atoms with Gasteiger partial charge in [0.15, 0.2) is 0 Å². The highest BCUT2D eigenvalue weighted by Crippen LogP contribution is 2.26. The van der Waals surface area contributed by atoms with Crippen molar-refractivity contribution in [3.63, 3.8) is 0 Å². The molecular formula is C12H24N4O3S. The second kappa shape index (κ2) is 6.38. The van der Waals surface area contributed by atoms with Gasteiger partial charge < -0.3 is 10.6 Å². The summed E-state index contributed by atoms with van der Waals surface area (Å²) in [6.07, 6.45) is 4.79. The van der Waals surface area contributed by atoms with Gasteiger partial charge in [-0.25, -0.2) is 5.14 Å². The van der Waals surface area contributed by atoms with Crippen LogP contribution in [0.1, 0.15) is 32.1 Å². The van der Waals surface area contributed by atoms with Crippen LogP contribution in [-0.2, 0) is 15.0 Å². The van der Waals surface area contributed by atoms with Crippen LogP contribution in [0.15, 0.2) is 0 Å². The molecule has 4 N–H and O–H groups in total. The van der Waals surface area contributed by atoms with Gasteiger partial charge in [0.1, 0.15) is 0 Å². The second-order valence-electron chi connectivity index (χ2n) is 5.74. The fraction of sp³-hybridized carbons (Fsp3) is 0.917. The second-order valence-corrected chi connectivity index (χ2v) is 7.28. The third kappa shape index (κ3) is 3.91. The van der Waals surface area contributed by atoms with E-state index in [9.17, 15) is 13.2 Å². The number of nitrogens with zero attached hydrogens (tertiary/aromatic N) is 2. The summed E-state index contributed by atoms with van der Waals surface area (Å²) in [6.45, 7) is 1.39. The van der Waals surface area contributed by atoms with Crippen LogP contribution in [0.25, 0.3) is 0 Å². The topological polar surface area (TPSA) is 110 Å². The van der Waals surface area contributed by atoms with Crippen molar-refractivity contribution in [2.45, 2.75) is 38.1 Å². The predicted molar refractivity (Wildman–Crippen MR) is 75.8 cm³/mol. The lowest BCUT2D eigenvalue weighted by atomic mass is 9.82. The Morgan fingerprint density at radius 1 is 1.10 bits per heavy atom. The number of piperazine rings is 1. The standard InChI is InChI=1S/C12H24N4O3S/c13-11-4-2-1-3-10(11)9-12(17)15-5-7-16(8-6-15)20(14,18)19/h10-11H,1-9,13H2,(H2,14,18,19). The van der Waals surface area contributed by atoms with E-state index >= 15 is 0 Å². The summed E-state index contributed by atoms with van der Waals surface area (Å²) >= 11 is 0. The summed E-state index contributed by atoms with van der Waals surface area (Å²) in [6, 6.07) is 0.124. The van der Waals surface area contributed by atoms with Crippen LogP contribution in [-0.4, -0.2) is 55.8 Å². The molecule has 20 heavy (non-hydrogen) atoms. The minimum Gasteiger partial charge on any atom is -0.340 e. The molecule has 0 bridgehead atoms. The maximum Gasteiger partial charge on any atom is 0.277 e. The van der Waals surface area contributed by atoms with E-state index in [1.54, 1.807) is 4.90 Å². The molecule has 2 fully saturated rings. The lowest BCUT2D eigenvalue weighted by Crippen LogP contribution is -2.52. The van der Waals surface area contributed by atoms with Crippen molar-refractivity contribution in [1.29, 1.82) is 0 Å². The fourth-order valence-electron chi connectivity index (χ4n) is 3.04. The molecule has 1 aliphatic heterocycles. The van der Waals surface area contributed by atoms with Gasteiger partial charge in [0, 0.05) is 38.6 Å². The van der Waals surface area contributed by atoms with E-state index < -0.39 is 10.2 Å². The molecule has 1 saturated heterocycles. The van der Waals surface area contributed by atoms with Crippen LogP contribution >= 0.6 is 0 Å². The first kappa shape index (κ1) is 15.7. The smallest absolute Gasteiger partial charge is 0.277 e. The highest BCUT2D eigenvalue weighted by Gasteiger charge is 2.29. The van der Waals surface area contributed by atoms with E-state index in [1.807, 2.05) is 0 Å². The molecule has 1 heterocycles. The van der Waals surface area contributed by atoms with Gasteiger partial charge >= 0.3 is 0 Å². The first-order valence-electron chi connectivity index (χ1n) is 7.19. The highest BCUT2D eigenvalue weighted by atomic mass is 32.2. The molecular weight excluding hydrogens is 280 g/mol. The van der Waals surface area contributed by atoms with Crippen molar-refractivity contribution in [2.24, 2.45) is 16.8 Å². The van der Waals surface area contributed by atoms with Gasteiger partial charge in [0.25, 0.3) is 10.2 Å². The van der Waals surface area contributed by atoms with Crippen LogP contribution in [0.3, 0.4) is 0 Å². The third-order valence-electron chi connectivity index (χ3n) is 4.36. The van der Waals surface area contributed by atoms with Gasteiger partial charge in [-0.3, -0.25) is 4.79 Å². The Kier molecular flexibility index (Phi) is 5.00. The maximum absolute atomic E-state index is 12.2. The molecule has 0 aromatic rings. The molecule has 2 rings (SSSR count). The Bertz CT molecular complexity index is 446. The van der Waals surface area contributed by atoms with Crippen molar-refractivity contribution in [3.8, 4) is 0 Å². The van der Waals surface area contributed by atoms with Crippen molar-refractivity contribution >= 4 is 16.1 Å². The highest BCUT2D eigenvalue weighted by molar-refractivity contribution is 7.86. The molecule has 1 amide bonds. The minimum absolute atomic E-state index is 0.0846. The predicted octanol–water partition coefficient (Wildman–Crippen LogP) is -0.758. The SMILES string of the molecule is NC1CCCCC1CC(=O)N1CCN(S(N)(=O)=O)CC1. The molecule has 1 saturated carbocycles.